The molecule has 0 saturated carbocycles. The van der Waals surface area contributed by atoms with Gasteiger partial charge in [0.2, 0.25) is 5.91 Å². The number of benzene rings is 1. The lowest BCUT2D eigenvalue weighted by molar-refractivity contribution is -0.132. The van der Waals surface area contributed by atoms with Gasteiger partial charge in [-0.05, 0) is 43.0 Å². The molecular formula is C18H26F2N2O. The van der Waals surface area contributed by atoms with Gasteiger partial charge in [0.1, 0.15) is 0 Å². The van der Waals surface area contributed by atoms with Gasteiger partial charge in [-0.25, -0.2) is 8.78 Å². The maximum Gasteiger partial charge on any atom is 0.227 e. The van der Waals surface area contributed by atoms with Crippen molar-refractivity contribution in [2.24, 2.45) is 5.92 Å². The second-order valence-corrected chi connectivity index (χ2v) is 6.68. The minimum atomic E-state index is -0.898. The standard InChI is InChI=1S/C18H26F2N2O/c1-14(2)4-3-7-21-8-10-22(11-9-21)18(23)13-15-5-6-16(19)17(20)12-15/h5-6,12,14H,3-4,7-11,13H2,1-2H3. The van der Waals surface area contributed by atoms with Gasteiger partial charge < -0.3 is 4.90 Å². The Morgan fingerprint density at radius 1 is 1.13 bits per heavy atom. The number of carbonyl (C=O) groups excluding carboxylic acids is 1. The molecule has 1 aromatic carbocycles. The van der Waals surface area contributed by atoms with Crippen molar-refractivity contribution in [2.75, 3.05) is 32.7 Å². The van der Waals surface area contributed by atoms with Gasteiger partial charge in [0.15, 0.2) is 11.6 Å². The molecule has 23 heavy (non-hydrogen) atoms. The summed E-state index contributed by atoms with van der Waals surface area (Å²) < 4.78 is 26.1. The van der Waals surface area contributed by atoms with Crippen LogP contribution < -0.4 is 0 Å². The highest BCUT2D eigenvalue weighted by molar-refractivity contribution is 5.78. The van der Waals surface area contributed by atoms with Gasteiger partial charge in [0, 0.05) is 26.2 Å². The van der Waals surface area contributed by atoms with Gasteiger partial charge in [-0.3, -0.25) is 9.69 Å². The van der Waals surface area contributed by atoms with Gasteiger partial charge in [0.05, 0.1) is 6.42 Å². The van der Waals surface area contributed by atoms with Crippen LogP contribution in [-0.2, 0) is 11.2 Å². The van der Waals surface area contributed by atoms with Crippen LogP contribution in [0.15, 0.2) is 18.2 Å². The fourth-order valence-corrected chi connectivity index (χ4v) is 2.88. The summed E-state index contributed by atoms with van der Waals surface area (Å²) in [4.78, 5) is 16.5. The average molecular weight is 324 g/mol. The lowest BCUT2D eigenvalue weighted by Gasteiger charge is -2.35. The Morgan fingerprint density at radius 3 is 2.43 bits per heavy atom. The van der Waals surface area contributed by atoms with Gasteiger partial charge >= 0.3 is 0 Å². The minimum Gasteiger partial charge on any atom is -0.340 e. The highest BCUT2D eigenvalue weighted by atomic mass is 19.2. The number of carbonyl (C=O) groups is 1. The van der Waals surface area contributed by atoms with Crippen molar-refractivity contribution in [3.05, 3.63) is 35.4 Å². The molecular weight excluding hydrogens is 298 g/mol. The molecule has 1 aliphatic rings. The normalized spacial score (nSPS) is 16.1. The van der Waals surface area contributed by atoms with E-state index in [9.17, 15) is 13.6 Å². The van der Waals surface area contributed by atoms with Crippen molar-refractivity contribution in [1.82, 2.24) is 9.80 Å². The van der Waals surface area contributed by atoms with Crippen LogP contribution in [0.4, 0.5) is 8.78 Å². The minimum absolute atomic E-state index is 0.0159. The molecule has 0 atom stereocenters. The van der Waals surface area contributed by atoms with E-state index in [4.69, 9.17) is 0 Å². The zero-order valence-corrected chi connectivity index (χ0v) is 14.0. The summed E-state index contributed by atoms with van der Waals surface area (Å²) in [5, 5.41) is 0. The predicted molar refractivity (Wildman–Crippen MR) is 87.2 cm³/mol. The zero-order valence-electron chi connectivity index (χ0n) is 14.0. The van der Waals surface area contributed by atoms with Crippen LogP contribution in [0.5, 0.6) is 0 Å². The van der Waals surface area contributed by atoms with Gasteiger partial charge in [-0.15, -0.1) is 0 Å². The Hall–Kier alpha value is -1.49. The van der Waals surface area contributed by atoms with Crippen LogP contribution in [0.3, 0.4) is 0 Å². The average Bonchev–Trinajstić information content (AvgIpc) is 2.51. The Morgan fingerprint density at radius 2 is 1.83 bits per heavy atom. The summed E-state index contributed by atoms with van der Waals surface area (Å²) in [7, 11) is 0. The maximum atomic E-state index is 13.2. The number of hydrogen-bond acceptors (Lipinski definition) is 2. The van der Waals surface area contributed by atoms with Crippen molar-refractivity contribution in [2.45, 2.75) is 33.1 Å². The van der Waals surface area contributed by atoms with Crippen LogP contribution in [0, 0.1) is 17.6 Å². The topological polar surface area (TPSA) is 23.6 Å². The molecule has 0 bridgehead atoms. The van der Waals surface area contributed by atoms with E-state index in [0.29, 0.717) is 18.7 Å². The molecule has 0 aromatic heterocycles. The van der Waals surface area contributed by atoms with Gasteiger partial charge in [0.25, 0.3) is 0 Å². The molecule has 1 heterocycles. The summed E-state index contributed by atoms with van der Waals surface area (Å²) in [6.45, 7) is 8.75. The maximum absolute atomic E-state index is 13.2. The van der Waals surface area contributed by atoms with E-state index >= 15 is 0 Å². The number of hydrogen-bond donors (Lipinski definition) is 0. The number of rotatable bonds is 6. The quantitative estimate of drug-likeness (QED) is 0.803. The third-order valence-corrected chi connectivity index (χ3v) is 4.32. The molecule has 1 amide bonds. The molecule has 1 aromatic rings. The fraction of sp³-hybridized carbons (Fsp3) is 0.611. The van der Waals surface area contributed by atoms with Crippen molar-refractivity contribution in [3.8, 4) is 0 Å². The highest BCUT2D eigenvalue weighted by Gasteiger charge is 2.21. The largest absolute Gasteiger partial charge is 0.340 e. The van der Waals surface area contributed by atoms with E-state index in [-0.39, 0.29) is 12.3 Å². The first-order chi connectivity index (χ1) is 11.0. The summed E-state index contributed by atoms with van der Waals surface area (Å²) in [6, 6.07) is 3.65. The summed E-state index contributed by atoms with van der Waals surface area (Å²) in [5.74, 6) is -1.06. The Labute approximate surface area is 137 Å². The smallest absolute Gasteiger partial charge is 0.227 e. The number of nitrogens with zero attached hydrogens (tertiary/aromatic N) is 2. The molecule has 2 rings (SSSR count). The number of amides is 1. The van der Waals surface area contributed by atoms with Crippen molar-refractivity contribution in [1.29, 1.82) is 0 Å². The Balaban J connectivity index is 1.76. The van der Waals surface area contributed by atoms with E-state index in [0.717, 1.165) is 37.7 Å². The Kier molecular flexibility index (Phi) is 6.51. The van der Waals surface area contributed by atoms with E-state index in [1.165, 1.54) is 18.9 Å². The second-order valence-electron chi connectivity index (χ2n) is 6.68. The second kappa shape index (κ2) is 8.39. The molecule has 3 nitrogen and oxygen atoms in total. The van der Waals surface area contributed by atoms with Crippen LogP contribution >= 0.6 is 0 Å². The predicted octanol–water partition coefficient (Wildman–Crippen LogP) is 3.09. The van der Waals surface area contributed by atoms with E-state index < -0.39 is 11.6 Å². The summed E-state index contributed by atoms with van der Waals surface area (Å²) >= 11 is 0. The van der Waals surface area contributed by atoms with Crippen molar-refractivity contribution >= 4 is 5.91 Å². The molecule has 1 aliphatic heterocycles. The molecule has 5 heteroatoms. The SMILES string of the molecule is CC(C)CCCN1CCN(C(=O)Cc2ccc(F)c(F)c2)CC1. The van der Waals surface area contributed by atoms with Crippen LogP contribution in [-0.4, -0.2) is 48.4 Å². The lowest BCUT2D eigenvalue weighted by Crippen LogP contribution is -2.49. The van der Waals surface area contributed by atoms with Crippen LogP contribution in [0.1, 0.15) is 32.3 Å². The first-order valence-electron chi connectivity index (χ1n) is 8.39. The molecule has 1 saturated heterocycles. The van der Waals surface area contributed by atoms with E-state index in [1.54, 1.807) is 0 Å². The van der Waals surface area contributed by atoms with Gasteiger partial charge in [-0.1, -0.05) is 19.9 Å². The highest BCUT2D eigenvalue weighted by Crippen LogP contribution is 2.12. The number of halogens is 2. The van der Waals surface area contributed by atoms with Gasteiger partial charge in [-0.2, -0.15) is 0 Å². The zero-order chi connectivity index (χ0) is 16.8. The third kappa shape index (κ3) is 5.57. The lowest BCUT2D eigenvalue weighted by atomic mass is 10.1. The fourth-order valence-electron chi connectivity index (χ4n) is 2.88. The van der Waals surface area contributed by atoms with Crippen molar-refractivity contribution in [3.63, 3.8) is 0 Å². The van der Waals surface area contributed by atoms with E-state index in [1.807, 2.05) is 4.90 Å². The summed E-state index contributed by atoms with van der Waals surface area (Å²) in [5.41, 5.74) is 0.522. The molecule has 0 radical (unpaired) electrons. The molecule has 0 aliphatic carbocycles. The monoisotopic (exact) mass is 324 g/mol. The Bertz CT molecular complexity index is 526. The first kappa shape index (κ1) is 17.9. The molecule has 128 valence electrons. The van der Waals surface area contributed by atoms with Crippen LogP contribution in [0.25, 0.3) is 0 Å². The molecule has 0 spiro atoms. The summed E-state index contributed by atoms with van der Waals surface area (Å²) in [6.07, 6.45) is 2.56. The molecule has 1 fully saturated rings. The van der Waals surface area contributed by atoms with E-state index in [2.05, 4.69) is 18.7 Å². The molecule has 0 N–H and O–H groups in total. The van der Waals surface area contributed by atoms with Crippen LogP contribution in [0.2, 0.25) is 0 Å². The number of piperazine rings is 1. The first-order valence-corrected chi connectivity index (χ1v) is 8.39. The van der Waals surface area contributed by atoms with Crippen molar-refractivity contribution < 1.29 is 13.6 Å². The molecule has 0 unspecified atom stereocenters. The third-order valence-electron chi connectivity index (χ3n) is 4.32.